The number of amides is 1. The van der Waals surface area contributed by atoms with Gasteiger partial charge in [-0.2, -0.15) is 0 Å². The van der Waals surface area contributed by atoms with E-state index in [2.05, 4.69) is 4.98 Å². The SMILES string of the molecule is Cl.NCc1cc(C(=O)N2CCOC3CCCC32)ccn1. The Morgan fingerprint density at radius 2 is 2.35 bits per heavy atom. The van der Waals surface area contributed by atoms with Crippen molar-refractivity contribution in [2.75, 3.05) is 13.2 Å². The first-order valence-electron chi connectivity index (χ1n) is 6.87. The predicted octanol–water partition coefficient (Wildman–Crippen LogP) is 1.36. The van der Waals surface area contributed by atoms with Gasteiger partial charge in [-0.25, -0.2) is 0 Å². The third-order valence-electron chi connectivity index (χ3n) is 4.02. The van der Waals surface area contributed by atoms with Gasteiger partial charge in [-0.1, -0.05) is 0 Å². The number of pyridine rings is 1. The summed E-state index contributed by atoms with van der Waals surface area (Å²) < 4.78 is 5.74. The van der Waals surface area contributed by atoms with Gasteiger partial charge in [0.25, 0.3) is 5.91 Å². The van der Waals surface area contributed by atoms with Crippen LogP contribution in [0, 0.1) is 0 Å². The predicted molar refractivity (Wildman–Crippen MR) is 77.8 cm³/mol. The summed E-state index contributed by atoms with van der Waals surface area (Å²) in [4.78, 5) is 18.7. The topological polar surface area (TPSA) is 68.5 Å². The fourth-order valence-electron chi connectivity index (χ4n) is 3.07. The molecule has 0 spiro atoms. The van der Waals surface area contributed by atoms with Gasteiger partial charge in [0.15, 0.2) is 0 Å². The van der Waals surface area contributed by atoms with E-state index in [0.717, 1.165) is 25.0 Å². The van der Waals surface area contributed by atoms with Crippen molar-refractivity contribution in [3.63, 3.8) is 0 Å². The van der Waals surface area contributed by atoms with Crippen molar-refractivity contribution in [1.82, 2.24) is 9.88 Å². The molecule has 1 saturated heterocycles. The molecule has 6 heteroatoms. The molecule has 0 radical (unpaired) electrons. The second kappa shape index (κ2) is 6.52. The molecule has 2 atom stereocenters. The number of nitrogens with zero attached hydrogens (tertiary/aromatic N) is 2. The summed E-state index contributed by atoms with van der Waals surface area (Å²) in [5.74, 6) is 0.0808. The zero-order chi connectivity index (χ0) is 13.2. The minimum absolute atomic E-state index is 0. The largest absolute Gasteiger partial charge is 0.374 e. The van der Waals surface area contributed by atoms with E-state index >= 15 is 0 Å². The molecule has 1 saturated carbocycles. The van der Waals surface area contributed by atoms with Crippen molar-refractivity contribution >= 4 is 18.3 Å². The second-order valence-corrected chi connectivity index (χ2v) is 5.15. The molecule has 2 unspecified atom stereocenters. The van der Waals surface area contributed by atoms with Crippen LogP contribution in [-0.4, -0.2) is 41.1 Å². The third-order valence-corrected chi connectivity index (χ3v) is 4.02. The average molecular weight is 298 g/mol. The van der Waals surface area contributed by atoms with Crippen LogP contribution >= 0.6 is 12.4 Å². The summed E-state index contributed by atoms with van der Waals surface area (Å²) in [7, 11) is 0. The first-order valence-corrected chi connectivity index (χ1v) is 6.87. The third kappa shape index (κ3) is 2.80. The number of carbonyl (C=O) groups excluding carboxylic acids is 1. The van der Waals surface area contributed by atoms with Crippen molar-refractivity contribution in [2.45, 2.75) is 38.0 Å². The summed E-state index contributed by atoms with van der Waals surface area (Å²) in [5.41, 5.74) is 7.01. The van der Waals surface area contributed by atoms with Crippen molar-refractivity contribution in [1.29, 1.82) is 0 Å². The van der Waals surface area contributed by atoms with E-state index in [1.54, 1.807) is 18.3 Å². The zero-order valence-electron chi connectivity index (χ0n) is 11.3. The molecule has 0 aromatic carbocycles. The van der Waals surface area contributed by atoms with E-state index in [0.29, 0.717) is 25.3 Å². The molecule has 20 heavy (non-hydrogen) atoms. The number of carbonyl (C=O) groups is 1. The van der Waals surface area contributed by atoms with Crippen LogP contribution in [0.4, 0.5) is 0 Å². The molecule has 2 fully saturated rings. The molecule has 110 valence electrons. The maximum atomic E-state index is 12.6. The number of rotatable bonds is 2. The summed E-state index contributed by atoms with van der Waals surface area (Å²) in [6.07, 6.45) is 5.14. The minimum atomic E-state index is 0. The van der Waals surface area contributed by atoms with Crippen LogP contribution in [0.1, 0.15) is 35.3 Å². The smallest absolute Gasteiger partial charge is 0.254 e. The Labute approximate surface area is 124 Å². The van der Waals surface area contributed by atoms with Gasteiger partial charge in [0.1, 0.15) is 0 Å². The van der Waals surface area contributed by atoms with Crippen LogP contribution < -0.4 is 5.73 Å². The highest BCUT2D eigenvalue weighted by molar-refractivity contribution is 5.94. The molecule has 2 N–H and O–H groups in total. The quantitative estimate of drug-likeness (QED) is 0.895. The molecule has 2 heterocycles. The number of nitrogens with two attached hydrogens (primary N) is 1. The monoisotopic (exact) mass is 297 g/mol. The van der Waals surface area contributed by atoms with Crippen molar-refractivity contribution in [2.24, 2.45) is 5.73 Å². The number of hydrogen-bond donors (Lipinski definition) is 1. The second-order valence-electron chi connectivity index (χ2n) is 5.15. The van der Waals surface area contributed by atoms with Crippen LogP contribution in [-0.2, 0) is 11.3 Å². The van der Waals surface area contributed by atoms with Crippen molar-refractivity contribution < 1.29 is 9.53 Å². The maximum absolute atomic E-state index is 12.6. The van der Waals surface area contributed by atoms with E-state index in [9.17, 15) is 4.79 Å². The molecule has 1 amide bonds. The average Bonchev–Trinajstić information content (AvgIpc) is 2.95. The number of ether oxygens (including phenoxy) is 1. The molecular formula is C14H20ClN3O2. The summed E-state index contributed by atoms with van der Waals surface area (Å²) in [6, 6.07) is 3.80. The highest BCUT2D eigenvalue weighted by Gasteiger charge is 2.38. The zero-order valence-corrected chi connectivity index (χ0v) is 12.1. The summed E-state index contributed by atoms with van der Waals surface area (Å²) in [6.45, 7) is 1.68. The van der Waals surface area contributed by atoms with E-state index in [4.69, 9.17) is 10.5 Å². The number of morpholine rings is 1. The number of hydrogen-bond acceptors (Lipinski definition) is 4. The van der Waals surface area contributed by atoms with Crippen LogP contribution in [0.3, 0.4) is 0 Å². The van der Waals surface area contributed by atoms with Gasteiger partial charge in [-0.05, 0) is 31.4 Å². The standard InChI is InChI=1S/C14H19N3O2.ClH/c15-9-11-8-10(4-5-16-11)14(18)17-6-7-19-13-3-1-2-12(13)17;/h4-5,8,12-13H,1-3,6-7,9,15H2;1H. The highest BCUT2D eigenvalue weighted by atomic mass is 35.5. The number of fused-ring (bicyclic) bond motifs is 1. The first-order chi connectivity index (χ1) is 9.29. The van der Waals surface area contributed by atoms with E-state index in [1.807, 2.05) is 4.90 Å². The molecule has 1 aliphatic heterocycles. The lowest BCUT2D eigenvalue weighted by molar-refractivity contribution is -0.0445. The normalized spacial score (nSPS) is 24.9. The molecule has 1 aromatic rings. The maximum Gasteiger partial charge on any atom is 0.254 e. The molecule has 1 aliphatic carbocycles. The highest BCUT2D eigenvalue weighted by Crippen LogP contribution is 2.30. The Hall–Kier alpha value is -1.17. The van der Waals surface area contributed by atoms with Crippen molar-refractivity contribution in [3.05, 3.63) is 29.6 Å². The lowest BCUT2D eigenvalue weighted by Gasteiger charge is -2.37. The van der Waals surface area contributed by atoms with Crippen LogP contribution in [0.2, 0.25) is 0 Å². The fourth-order valence-corrected chi connectivity index (χ4v) is 3.07. The van der Waals surface area contributed by atoms with Crippen LogP contribution in [0.25, 0.3) is 0 Å². The van der Waals surface area contributed by atoms with Gasteiger partial charge < -0.3 is 15.4 Å². The van der Waals surface area contributed by atoms with Crippen LogP contribution in [0.15, 0.2) is 18.3 Å². The van der Waals surface area contributed by atoms with Gasteiger partial charge in [0, 0.05) is 24.8 Å². The lowest BCUT2D eigenvalue weighted by atomic mass is 10.1. The first kappa shape index (κ1) is 15.2. The molecule has 3 rings (SSSR count). The Bertz CT molecular complexity index is 483. The molecule has 0 bridgehead atoms. The van der Waals surface area contributed by atoms with Gasteiger partial charge in [-0.3, -0.25) is 9.78 Å². The van der Waals surface area contributed by atoms with Gasteiger partial charge in [0.2, 0.25) is 0 Å². The fraction of sp³-hybridized carbons (Fsp3) is 0.571. The minimum Gasteiger partial charge on any atom is -0.374 e. The Morgan fingerprint density at radius 3 is 3.15 bits per heavy atom. The van der Waals surface area contributed by atoms with Gasteiger partial charge in [0.05, 0.1) is 24.4 Å². The number of aromatic nitrogens is 1. The molecule has 2 aliphatic rings. The van der Waals surface area contributed by atoms with Gasteiger partial charge >= 0.3 is 0 Å². The Kier molecular flexibility index (Phi) is 4.96. The molecular weight excluding hydrogens is 278 g/mol. The van der Waals surface area contributed by atoms with Gasteiger partial charge in [-0.15, -0.1) is 12.4 Å². The van der Waals surface area contributed by atoms with E-state index < -0.39 is 0 Å². The number of halogens is 1. The van der Waals surface area contributed by atoms with E-state index in [-0.39, 0.29) is 30.5 Å². The Morgan fingerprint density at radius 1 is 1.50 bits per heavy atom. The molecule has 1 aromatic heterocycles. The molecule has 5 nitrogen and oxygen atoms in total. The van der Waals surface area contributed by atoms with E-state index in [1.165, 1.54) is 0 Å². The van der Waals surface area contributed by atoms with Crippen LogP contribution in [0.5, 0.6) is 0 Å². The summed E-state index contributed by atoms with van der Waals surface area (Å²) in [5, 5.41) is 0. The summed E-state index contributed by atoms with van der Waals surface area (Å²) >= 11 is 0. The Balaban J connectivity index is 0.00000147. The van der Waals surface area contributed by atoms with Crippen molar-refractivity contribution in [3.8, 4) is 0 Å². The lowest BCUT2D eigenvalue weighted by Crippen LogP contribution is -2.51.